The van der Waals surface area contributed by atoms with Gasteiger partial charge in [0, 0.05) is 31.8 Å². The molecule has 0 radical (unpaired) electrons. The average molecular weight is 837 g/mol. The van der Waals surface area contributed by atoms with Gasteiger partial charge in [-0.05, 0) is 86.9 Å². The highest BCUT2D eigenvalue weighted by Gasteiger charge is 2.62. The largest absolute Gasteiger partial charge is 0.497 e. The zero-order valence-electron chi connectivity index (χ0n) is 33.3. The number of benzene rings is 1. The summed E-state index contributed by atoms with van der Waals surface area (Å²) >= 11 is 0. The van der Waals surface area contributed by atoms with Gasteiger partial charge < -0.3 is 34.6 Å². The van der Waals surface area contributed by atoms with E-state index < -0.39 is 86.9 Å². The Balaban J connectivity index is 1.37. The highest BCUT2D eigenvalue weighted by atomic mass is 32.2. The zero-order valence-corrected chi connectivity index (χ0v) is 34.1. The van der Waals surface area contributed by atoms with Crippen LogP contribution < -0.4 is 29.7 Å². The number of carbonyl (C=O) groups excluding carboxylic acids is 4. The van der Waals surface area contributed by atoms with Crippen LogP contribution in [-0.2, 0) is 29.1 Å². The number of hydrogen-bond acceptors (Lipinski definition) is 11. The number of nitrogens with zero attached hydrogens (tertiary/aromatic N) is 3. The Labute approximate surface area is 335 Å². The van der Waals surface area contributed by atoms with Crippen LogP contribution in [-0.4, -0.2) is 111 Å². The number of hydrogen-bond donors (Lipinski definition) is 3. The predicted octanol–water partition coefficient (Wildman–Crippen LogP) is 4.20. The van der Waals surface area contributed by atoms with Crippen molar-refractivity contribution in [2.24, 2.45) is 17.8 Å². The number of halogens is 3. The van der Waals surface area contributed by atoms with E-state index in [0.29, 0.717) is 56.0 Å². The summed E-state index contributed by atoms with van der Waals surface area (Å²) < 4.78 is 84.6. The molecule has 1 saturated heterocycles. The first-order valence-electron chi connectivity index (χ1n) is 19.4. The van der Waals surface area contributed by atoms with Crippen LogP contribution in [0, 0.1) is 17.8 Å². The molecule has 19 heteroatoms. The summed E-state index contributed by atoms with van der Waals surface area (Å²) in [6.07, 6.45) is -3.66. The highest BCUT2D eigenvalue weighted by molar-refractivity contribution is 7.91. The summed E-state index contributed by atoms with van der Waals surface area (Å²) in [5.74, 6) is -2.32. The van der Waals surface area contributed by atoms with E-state index in [1.54, 1.807) is 50.2 Å². The molecule has 3 heterocycles. The van der Waals surface area contributed by atoms with Crippen LogP contribution in [0.3, 0.4) is 0 Å². The number of sulfonamides is 1. The summed E-state index contributed by atoms with van der Waals surface area (Å²) in [4.78, 5) is 63.7. The van der Waals surface area contributed by atoms with Gasteiger partial charge in [-0.2, -0.15) is 18.2 Å². The van der Waals surface area contributed by atoms with Crippen LogP contribution in [0.15, 0.2) is 36.4 Å². The Morgan fingerprint density at radius 3 is 2.48 bits per heavy atom. The number of rotatable bonds is 9. The molecule has 4 aliphatic rings. The first-order chi connectivity index (χ1) is 27.2. The zero-order chi connectivity index (χ0) is 42.3. The van der Waals surface area contributed by atoms with Gasteiger partial charge in [-0.1, -0.05) is 26.0 Å². The molecule has 6 rings (SSSR count). The fraction of sp³-hybridized carbons (Fsp3) is 0.615. The molecule has 0 spiro atoms. The van der Waals surface area contributed by atoms with E-state index in [1.165, 1.54) is 12.0 Å². The van der Waals surface area contributed by atoms with Crippen molar-refractivity contribution in [3.63, 3.8) is 0 Å². The van der Waals surface area contributed by atoms with Gasteiger partial charge in [-0.3, -0.25) is 19.1 Å². The molecule has 0 unspecified atom stereocenters. The van der Waals surface area contributed by atoms with Crippen molar-refractivity contribution in [2.45, 2.75) is 107 Å². The lowest BCUT2D eigenvalue weighted by Gasteiger charge is -2.33. The summed E-state index contributed by atoms with van der Waals surface area (Å²) in [5, 5.41) is 5.80. The Hall–Kier alpha value is -4.81. The number of carbonyl (C=O) groups is 4. The minimum Gasteiger partial charge on any atom is -0.497 e. The van der Waals surface area contributed by atoms with E-state index in [-0.39, 0.29) is 31.2 Å². The lowest BCUT2D eigenvalue weighted by atomic mass is 9.88. The molecule has 0 bridgehead atoms. The quantitative estimate of drug-likeness (QED) is 0.308. The molecular weight excluding hydrogens is 786 g/mol. The van der Waals surface area contributed by atoms with Crippen molar-refractivity contribution in [3.05, 3.63) is 36.4 Å². The maximum atomic E-state index is 14.7. The smallest absolute Gasteiger partial charge is 0.425 e. The van der Waals surface area contributed by atoms with Crippen molar-refractivity contribution >= 4 is 50.4 Å². The summed E-state index contributed by atoms with van der Waals surface area (Å²) in [5.41, 5.74) is -1.63. The minimum absolute atomic E-state index is 0.0323. The van der Waals surface area contributed by atoms with Gasteiger partial charge in [-0.15, -0.1) is 0 Å². The average Bonchev–Trinajstić information content (AvgIpc) is 4.08. The number of nitrogens with one attached hydrogen (secondary N) is 3. The van der Waals surface area contributed by atoms with Crippen LogP contribution in [0.4, 0.5) is 23.8 Å². The third kappa shape index (κ3) is 9.39. The summed E-state index contributed by atoms with van der Waals surface area (Å²) in [7, 11) is 1.15. The second-order valence-electron chi connectivity index (χ2n) is 16.2. The lowest BCUT2D eigenvalue weighted by Crippen LogP contribution is -2.59. The molecule has 3 N–H and O–H groups in total. The van der Waals surface area contributed by atoms with Crippen molar-refractivity contribution in [3.8, 4) is 11.6 Å². The highest BCUT2D eigenvalue weighted by Crippen LogP contribution is 2.46. The third-order valence-corrected chi connectivity index (χ3v) is 13.2. The molecule has 1 aromatic carbocycles. The van der Waals surface area contributed by atoms with E-state index in [1.807, 2.05) is 19.1 Å². The number of allylic oxidation sites excluding steroid dienone is 1. The van der Waals surface area contributed by atoms with Crippen LogP contribution in [0.25, 0.3) is 10.8 Å². The fourth-order valence-corrected chi connectivity index (χ4v) is 9.04. The minimum atomic E-state index is -4.85. The maximum Gasteiger partial charge on any atom is 0.425 e. The van der Waals surface area contributed by atoms with Gasteiger partial charge in [0.2, 0.25) is 27.7 Å². The molecule has 15 nitrogen and oxygen atoms in total. The van der Waals surface area contributed by atoms with E-state index in [0.717, 1.165) is 5.39 Å². The van der Waals surface area contributed by atoms with Crippen LogP contribution in [0.5, 0.6) is 11.6 Å². The van der Waals surface area contributed by atoms with E-state index in [2.05, 4.69) is 20.1 Å². The Morgan fingerprint density at radius 1 is 1.10 bits per heavy atom. The number of aromatic nitrogens is 1. The van der Waals surface area contributed by atoms with E-state index in [4.69, 9.17) is 14.5 Å². The third-order valence-electron chi connectivity index (χ3n) is 11.4. The predicted molar refractivity (Wildman–Crippen MR) is 206 cm³/mol. The molecule has 1 aromatic heterocycles. The topological polar surface area (TPSA) is 186 Å². The second-order valence-corrected chi connectivity index (χ2v) is 18.2. The summed E-state index contributed by atoms with van der Waals surface area (Å²) in [6, 6.07) is 4.39. The van der Waals surface area contributed by atoms with Gasteiger partial charge in [0.05, 0.1) is 18.9 Å². The molecule has 2 aliphatic heterocycles. The first kappa shape index (κ1) is 42.8. The van der Waals surface area contributed by atoms with Crippen LogP contribution >= 0.6 is 0 Å². The molecule has 2 saturated carbocycles. The number of anilines is 1. The Morgan fingerprint density at radius 2 is 1.83 bits per heavy atom. The van der Waals surface area contributed by atoms with Gasteiger partial charge in [0.1, 0.15) is 35.3 Å². The van der Waals surface area contributed by atoms with Gasteiger partial charge in [-0.25, -0.2) is 13.2 Å². The molecular formula is C39H51F3N6O9S. The number of pyridine rings is 1. The first-order valence-corrected chi connectivity index (χ1v) is 21.0. The van der Waals surface area contributed by atoms with E-state index in [9.17, 15) is 40.8 Å². The molecule has 3 fully saturated rings. The van der Waals surface area contributed by atoms with Gasteiger partial charge in [0.25, 0.3) is 5.91 Å². The van der Waals surface area contributed by atoms with Crippen molar-refractivity contribution in [1.82, 2.24) is 25.2 Å². The van der Waals surface area contributed by atoms with Gasteiger partial charge in [0.15, 0.2) is 6.10 Å². The SMILES string of the molecule is COc1ccc2c(O[C@@H]3C[C@H]4C(=O)N[C@]5(C(=O)NS(=O)(=O)C6CC6)C[C@H]5/C=C\CC[C@H](C)C[C@@H](C)[C@H](NC(=O)O[C@H](C)C(F)(F)F)C(=O)N4C3)nc(N(C)C)cc2c1. The second kappa shape index (κ2) is 16.4. The molecule has 318 valence electrons. The normalized spacial score (nSPS) is 29.1. The fourth-order valence-electron chi connectivity index (χ4n) is 7.68. The number of ether oxygens (including phenoxy) is 3. The molecule has 2 aromatic rings. The number of alkyl halides is 3. The molecule has 58 heavy (non-hydrogen) atoms. The number of alkyl carbamates (subject to hydrolysis) is 1. The number of methoxy groups -OCH3 is 1. The Kier molecular flexibility index (Phi) is 12.1. The number of fused-ring (bicyclic) bond motifs is 3. The lowest BCUT2D eigenvalue weighted by molar-refractivity contribution is -0.197. The van der Waals surface area contributed by atoms with Crippen molar-refractivity contribution in [2.75, 3.05) is 32.6 Å². The van der Waals surface area contributed by atoms with E-state index >= 15 is 0 Å². The maximum absolute atomic E-state index is 14.7. The monoisotopic (exact) mass is 836 g/mol. The molecule has 8 atom stereocenters. The Bertz CT molecular complexity index is 2060. The molecule has 2 aliphatic carbocycles. The number of amides is 4. The van der Waals surface area contributed by atoms with Crippen LogP contribution in [0.2, 0.25) is 0 Å². The van der Waals surface area contributed by atoms with Gasteiger partial charge >= 0.3 is 12.3 Å². The van der Waals surface area contributed by atoms with Crippen molar-refractivity contribution in [1.29, 1.82) is 0 Å². The van der Waals surface area contributed by atoms with Crippen molar-refractivity contribution < 1.29 is 55.0 Å². The summed E-state index contributed by atoms with van der Waals surface area (Å²) in [6.45, 7) is 4.08. The standard InChI is InChI=1S/C39H51F3N6O9S/c1-21-9-7-8-10-25-19-38(25,36(51)46-58(53,54)28-12-13-28)45-33(49)30-18-27(57-34-29-14-11-26(55-6)16-24(29)17-31(43-34)47(4)5)20-48(30)35(50)32(22(2)15-21)44-37(52)56-23(3)39(40,41)42/h8,10-11,14,16-17,21-23,25,27-28,30,32H,7,9,12-13,15,18-20H2,1-6H3,(H,44,52)(H,45,49)(H,46,51)/b10-8-/t21-,22+,23+,25+,27+,30-,32-,38+/m0/s1. The van der Waals surface area contributed by atoms with Crippen LogP contribution in [0.1, 0.15) is 65.7 Å². The molecule has 4 amide bonds.